The Bertz CT molecular complexity index is 1040. The van der Waals surface area contributed by atoms with Crippen molar-refractivity contribution in [1.29, 1.82) is 0 Å². The maximum Gasteiger partial charge on any atom is 0.329 e. The maximum atomic E-state index is 13.0. The lowest BCUT2D eigenvalue weighted by molar-refractivity contribution is -0.140. The van der Waals surface area contributed by atoms with Gasteiger partial charge in [-0.15, -0.1) is 0 Å². The Hall–Kier alpha value is -3.40. The molecule has 2 aromatic carbocycles. The summed E-state index contributed by atoms with van der Waals surface area (Å²) in [6.45, 7) is -0.556. The van der Waals surface area contributed by atoms with E-state index in [-0.39, 0.29) is 18.1 Å². The third kappa shape index (κ3) is 4.77. The zero-order valence-electron chi connectivity index (χ0n) is 15.6. The van der Waals surface area contributed by atoms with Gasteiger partial charge in [-0.2, -0.15) is 0 Å². The Kier molecular flexibility index (Phi) is 6.36. The Morgan fingerprint density at radius 1 is 1.27 bits per heavy atom. The summed E-state index contributed by atoms with van der Waals surface area (Å²) >= 11 is 3.39. The van der Waals surface area contributed by atoms with E-state index in [1.54, 1.807) is 24.3 Å². The van der Waals surface area contributed by atoms with E-state index in [0.29, 0.717) is 26.4 Å². The number of carboxylic acids is 1. The highest BCUT2D eigenvalue weighted by atomic mass is 79.9. The van der Waals surface area contributed by atoms with E-state index >= 15 is 0 Å². The molecular formula is C20H16BrFN2O6. The van der Waals surface area contributed by atoms with Crippen LogP contribution in [0.15, 0.2) is 46.6 Å². The van der Waals surface area contributed by atoms with Crippen LogP contribution < -0.4 is 14.8 Å². The number of carboxylic acid groups (broad SMARTS) is 1. The highest BCUT2D eigenvalue weighted by Gasteiger charge is 2.34. The number of carbonyl (C=O) groups excluding carboxylic acids is 2. The fourth-order valence-corrected chi connectivity index (χ4v) is 3.29. The van der Waals surface area contributed by atoms with Gasteiger partial charge in [-0.05, 0) is 57.4 Å². The van der Waals surface area contributed by atoms with Crippen LogP contribution in [0.25, 0.3) is 6.08 Å². The molecule has 156 valence electrons. The molecule has 2 aromatic rings. The number of ether oxygens (including phenoxy) is 2. The number of nitrogens with zero attached hydrogens (tertiary/aromatic N) is 1. The molecule has 0 bridgehead atoms. The van der Waals surface area contributed by atoms with Crippen LogP contribution in [0.5, 0.6) is 11.5 Å². The first-order chi connectivity index (χ1) is 14.3. The molecule has 3 rings (SSSR count). The van der Waals surface area contributed by atoms with Crippen molar-refractivity contribution in [2.45, 2.75) is 6.61 Å². The summed E-state index contributed by atoms with van der Waals surface area (Å²) in [6, 6.07) is 8.31. The lowest BCUT2D eigenvalue weighted by atomic mass is 10.1. The highest BCUT2D eigenvalue weighted by Crippen LogP contribution is 2.38. The number of halogens is 2. The van der Waals surface area contributed by atoms with E-state index in [1.165, 1.54) is 25.3 Å². The molecule has 30 heavy (non-hydrogen) atoms. The van der Waals surface area contributed by atoms with E-state index in [1.807, 2.05) is 0 Å². The van der Waals surface area contributed by atoms with Crippen LogP contribution in [0.4, 0.5) is 9.18 Å². The minimum absolute atomic E-state index is 0.0600. The van der Waals surface area contributed by atoms with Crippen LogP contribution in [0, 0.1) is 5.82 Å². The van der Waals surface area contributed by atoms with E-state index in [0.717, 1.165) is 5.56 Å². The van der Waals surface area contributed by atoms with Gasteiger partial charge in [0, 0.05) is 0 Å². The number of aliphatic carboxylic acids is 1. The van der Waals surface area contributed by atoms with Gasteiger partial charge in [-0.1, -0.05) is 12.1 Å². The van der Waals surface area contributed by atoms with Crippen molar-refractivity contribution in [1.82, 2.24) is 10.2 Å². The molecule has 1 aliphatic heterocycles. The number of urea groups is 1. The second-order valence-corrected chi connectivity index (χ2v) is 7.08. The number of benzene rings is 2. The van der Waals surface area contributed by atoms with E-state index < -0.39 is 24.5 Å². The van der Waals surface area contributed by atoms with E-state index in [9.17, 15) is 18.8 Å². The quantitative estimate of drug-likeness (QED) is 0.467. The molecule has 0 unspecified atom stereocenters. The molecule has 1 heterocycles. The Morgan fingerprint density at radius 3 is 2.60 bits per heavy atom. The summed E-state index contributed by atoms with van der Waals surface area (Å²) < 4.78 is 24.7. The van der Waals surface area contributed by atoms with Gasteiger partial charge in [0.25, 0.3) is 5.91 Å². The zero-order chi connectivity index (χ0) is 21.8. The molecule has 1 saturated heterocycles. The average Bonchev–Trinajstić information content (AvgIpc) is 2.95. The summed E-state index contributed by atoms with van der Waals surface area (Å²) in [5.74, 6) is -1.62. The maximum absolute atomic E-state index is 13.0. The predicted octanol–water partition coefficient (Wildman–Crippen LogP) is 3.15. The predicted molar refractivity (Wildman–Crippen MR) is 107 cm³/mol. The molecular weight excluding hydrogens is 463 g/mol. The molecule has 2 N–H and O–H groups in total. The SMILES string of the molecule is COc1cc(/C=C2/NC(=O)N(CC(=O)O)C2=O)cc(Br)c1OCc1ccc(F)cc1. The Balaban J connectivity index is 1.82. The lowest BCUT2D eigenvalue weighted by Crippen LogP contribution is -2.35. The molecule has 0 spiro atoms. The fourth-order valence-electron chi connectivity index (χ4n) is 2.72. The number of rotatable bonds is 7. The normalized spacial score (nSPS) is 14.8. The number of carbonyl (C=O) groups is 3. The van der Waals surface area contributed by atoms with Crippen molar-refractivity contribution in [2.75, 3.05) is 13.7 Å². The van der Waals surface area contributed by atoms with Crippen LogP contribution in [0.3, 0.4) is 0 Å². The number of hydrogen-bond donors (Lipinski definition) is 2. The third-order valence-corrected chi connectivity index (χ3v) is 4.70. The molecule has 0 aromatic heterocycles. The van der Waals surface area contributed by atoms with Gasteiger partial charge in [-0.25, -0.2) is 14.1 Å². The minimum atomic E-state index is -1.30. The second kappa shape index (κ2) is 8.95. The molecule has 0 saturated carbocycles. The standard InChI is InChI=1S/C20H16BrFN2O6/c1-29-16-8-12(7-15-19(27)24(9-17(25)26)20(28)23-15)6-14(21)18(16)30-10-11-2-4-13(22)5-3-11/h2-8H,9-10H2,1H3,(H,23,28)(H,25,26)/b15-7+. The fraction of sp³-hybridized carbons (Fsp3) is 0.150. The first-order valence-corrected chi connectivity index (χ1v) is 9.39. The lowest BCUT2D eigenvalue weighted by Gasteiger charge is -2.14. The molecule has 10 heteroatoms. The van der Waals surface area contributed by atoms with Crippen LogP contribution >= 0.6 is 15.9 Å². The van der Waals surface area contributed by atoms with Crippen LogP contribution in [-0.2, 0) is 16.2 Å². The van der Waals surface area contributed by atoms with Crippen molar-refractivity contribution < 1.29 is 33.4 Å². The van der Waals surface area contributed by atoms with Gasteiger partial charge in [0.15, 0.2) is 11.5 Å². The Labute approximate surface area is 179 Å². The van der Waals surface area contributed by atoms with Crippen molar-refractivity contribution in [2.24, 2.45) is 0 Å². The molecule has 0 radical (unpaired) electrons. The van der Waals surface area contributed by atoms with Crippen molar-refractivity contribution in [3.63, 3.8) is 0 Å². The van der Waals surface area contributed by atoms with Crippen LogP contribution in [-0.4, -0.2) is 41.6 Å². The number of imide groups is 1. The third-order valence-electron chi connectivity index (χ3n) is 4.11. The number of nitrogens with one attached hydrogen (secondary N) is 1. The van der Waals surface area contributed by atoms with Crippen LogP contribution in [0.1, 0.15) is 11.1 Å². The smallest absolute Gasteiger partial charge is 0.329 e. The summed E-state index contributed by atoms with van der Waals surface area (Å²) in [4.78, 5) is 35.5. The first kappa shape index (κ1) is 21.3. The van der Waals surface area contributed by atoms with E-state index in [2.05, 4.69) is 21.2 Å². The number of amides is 3. The Morgan fingerprint density at radius 2 is 1.97 bits per heavy atom. The summed E-state index contributed by atoms with van der Waals surface area (Å²) in [5.41, 5.74) is 1.21. The number of methoxy groups -OCH3 is 1. The largest absolute Gasteiger partial charge is 0.493 e. The van der Waals surface area contributed by atoms with Gasteiger partial charge in [0.05, 0.1) is 11.6 Å². The highest BCUT2D eigenvalue weighted by molar-refractivity contribution is 9.10. The molecule has 0 aliphatic carbocycles. The van der Waals surface area contributed by atoms with Gasteiger partial charge < -0.3 is 19.9 Å². The van der Waals surface area contributed by atoms with Gasteiger partial charge in [0.1, 0.15) is 24.7 Å². The average molecular weight is 479 g/mol. The first-order valence-electron chi connectivity index (χ1n) is 8.59. The van der Waals surface area contributed by atoms with Crippen molar-refractivity contribution >= 4 is 39.9 Å². The zero-order valence-corrected chi connectivity index (χ0v) is 17.2. The molecule has 0 atom stereocenters. The van der Waals surface area contributed by atoms with Crippen molar-refractivity contribution in [3.05, 3.63) is 63.5 Å². The minimum Gasteiger partial charge on any atom is -0.493 e. The van der Waals surface area contributed by atoms with Gasteiger partial charge in [0.2, 0.25) is 0 Å². The van der Waals surface area contributed by atoms with Crippen molar-refractivity contribution in [3.8, 4) is 11.5 Å². The summed E-state index contributed by atoms with van der Waals surface area (Å²) in [7, 11) is 1.44. The number of hydrogen-bond acceptors (Lipinski definition) is 5. The topological polar surface area (TPSA) is 105 Å². The van der Waals surface area contributed by atoms with E-state index in [4.69, 9.17) is 14.6 Å². The second-order valence-electron chi connectivity index (χ2n) is 6.22. The summed E-state index contributed by atoms with van der Waals surface area (Å²) in [6.07, 6.45) is 1.40. The van der Waals surface area contributed by atoms with Crippen LogP contribution in [0.2, 0.25) is 0 Å². The molecule has 1 aliphatic rings. The summed E-state index contributed by atoms with van der Waals surface area (Å²) in [5, 5.41) is 11.2. The monoisotopic (exact) mass is 478 g/mol. The molecule has 3 amide bonds. The molecule has 8 nitrogen and oxygen atoms in total. The van der Waals surface area contributed by atoms with Gasteiger partial charge in [-0.3, -0.25) is 9.59 Å². The molecule has 1 fully saturated rings. The van der Waals surface area contributed by atoms with Gasteiger partial charge >= 0.3 is 12.0 Å².